The Kier molecular flexibility index (Phi) is 8.65. The Balaban J connectivity index is 1.79. The summed E-state index contributed by atoms with van der Waals surface area (Å²) in [6, 6.07) is 8.09. The van der Waals surface area contributed by atoms with E-state index in [1.54, 1.807) is 44.2 Å². The van der Waals surface area contributed by atoms with Crippen LogP contribution in [0.3, 0.4) is 0 Å². The van der Waals surface area contributed by atoms with E-state index in [4.69, 9.17) is 18.5 Å². The second-order valence-corrected chi connectivity index (χ2v) is 10.4. The molecule has 198 valence electrons. The second-order valence-electron chi connectivity index (χ2n) is 8.70. The normalized spacial score (nSPS) is 26.4. The van der Waals surface area contributed by atoms with Gasteiger partial charge < -0.3 is 14.6 Å². The van der Waals surface area contributed by atoms with E-state index in [-0.39, 0.29) is 5.75 Å². The Labute approximate surface area is 206 Å². The number of para-hydroxylation sites is 1. The van der Waals surface area contributed by atoms with Gasteiger partial charge in [-0.05, 0) is 39.8 Å². The van der Waals surface area contributed by atoms with Crippen molar-refractivity contribution in [2.24, 2.45) is 0 Å². The lowest BCUT2D eigenvalue weighted by molar-refractivity contribution is -0.149. The molecule has 1 unspecified atom stereocenters. The van der Waals surface area contributed by atoms with Gasteiger partial charge in [-0.1, -0.05) is 23.3 Å². The average molecular weight is 530 g/mol. The van der Waals surface area contributed by atoms with Gasteiger partial charge in [-0.25, -0.2) is 9.18 Å². The van der Waals surface area contributed by atoms with Crippen LogP contribution in [0.15, 0.2) is 52.2 Å². The van der Waals surface area contributed by atoms with E-state index < -0.39 is 68.2 Å². The molecule has 0 spiro atoms. The maximum Gasteiger partial charge on any atom is 0.544 e. The molecule has 0 aliphatic carbocycles. The van der Waals surface area contributed by atoms with Crippen LogP contribution < -0.4 is 20.9 Å². The number of aliphatic hydroxyl groups is 1. The van der Waals surface area contributed by atoms with Crippen molar-refractivity contribution in [3.05, 3.63) is 63.4 Å². The molecule has 0 bridgehead atoms. The first-order valence-electron chi connectivity index (χ1n) is 11.2. The number of benzene rings is 1. The number of hydrogen-bond donors (Lipinski definition) is 4. The van der Waals surface area contributed by atoms with Crippen LogP contribution in [0.5, 0.6) is 5.75 Å². The quantitative estimate of drug-likeness (QED) is 0.260. The van der Waals surface area contributed by atoms with Gasteiger partial charge in [0.2, 0.25) is 0 Å². The summed E-state index contributed by atoms with van der Waals surface area (Å²) in [6.45, 7) is 5.22. The van der Waals surface area contributed by atoms with Gasteiger partial charge in [-0.3, -0.25) is 23.7 Å². The van der Waals surface area contributed by atoms with Crippen molar-refractivity contribution in [3.63, 3.8) is 0 Å². The fourth-order valence-corrected chi connectivity index (χ4v) is 5.01. The summed E-state index contributed by atoms with van der Waals surface area (Å²) in [5, 5.41) is 13.2. The van der Waals surface area contributed by atoms with Crippen LogP contribution in [0.25, 0.3) is 0 Å². The molecule has 36 heavy (non-hydrogen) atoms. The standard InChI is InChI=1S/C22H29FN3O9P/c1-13(2)33-19(29)14(3)25-36(31,35-15-8-6-5-7-9-15)32-12-16-18(28)22(4,23)20(34-16)26-11-10-17(27)24-21(26)30/h5-11,13-14,16,18,20,25,28,31H,12H2,1-4H3/p+1/t14-,16+,18+,20+,22+,36?/m0/s1. The van der Waals surface area contributed by atoms with Gasteiger partial charge in [0, 0.05) is 12.3 Å². The zero-order valence-electron chi connectivity index (χ0n) is 20.2. The topological polar surface area (TPSA) is 161 Å². The van der Waals surface area contributed by atoms with Crippen LogP contribution in [0.1, 0.15) is 33.9 Å². The highest BCUT2D eigenvalue weighted by Gasteiger charge is 2.57. The van der Waals surface area contributed by atoms with Crippen LogP contribution in [0.2, 0.25) is 0 Å². The molecule has 14 heteroatoms. The fraction of sp³-hybridized carbons (Fsp3) is 0.500. The van der Waals surface area contributed by atoms with Gasteiger partial charge in [-0.15, -0.1) is 0 Å². The summed E-state index contributed by atoms with van der Waals surface area (Å²) in [5.74, 6) is -0.458. The monoisotopic (exact) mass is 530 g/mol. The van der Waals surface area contributed by atoms with Gasteiger partial charge >= 0.3 is 19.8 Å². The predicted molar refractivity (Wildman–Crippen MR) is 127 cm³/mol. The number of esters is 1. The molecule has 1 aliphatic heterocycles. The molecule has 1 fully saturated rings. The zero-order chi connectivity index (χ0) is 26.7. The number of carbonyl (C=O) groups excluding carboxylic acids is 1. The highest BCUT2D eigenvalue weighted by atomic mass is 31.2. The van der Waals surface area contributed by atoms with E-state index in [1.165, 1.54) is 6.92 Å². The lowest BCUT2D eigenvalue weighted by Crippen LogP contribution is -2.44. The third kappa shape index (κ3) is 6.55. The molecule has 1 aromatic carbocycles. The molecule has 6 atom stereocenters. The molecule has 2 aromatic rings. The third-order valence-electron chi connectivity index (χ3n) is 5.27. The molecule has 3 rings (SSSR count). The van der Waals surface area contributed by atoms with E-state index in [0.29, 0.717) is 0 Å². The number of nitrogens with zero attached hydrogens (tertiary/aromatic N) is 1. The number of carbonyl (C=O) groups is 1. The minimum absolute atomic E-state index is 0.214. The smallest absolute Gasteiger partial charge is 0.462 e. The molecule has 4 N–H and O–H groups in total. The largest absolute Gasteiger partial charge is 0.544 e. The molecule has 0 radical (unpaired) electrons. The molecule has 1 saturated heterocycles. The fourth-order valence-electron chi connectivity index (χ4n) is 3.48. The Morgan fingerprint density at radius 3 is 2.56 bits per heavy atom. The Morgan fingerprint density at radius 1 is 1.28 bits per heavy atom. The van der Waals surface area contributed by atoms with Crippen molar-refractivity contribution in [1.82, 2.24) is 14.6 Å². The number of halogens is 1. The Morgan fingerprint density at radius 2 is 1.94 bits per heavy atom. The third-order valence-corrected chi connectivity index (χ3v) is 6.94. The van der Waals surface area contributed by atoms with Gasteiger partial charge in [0.15, 0.2) is 17.6 Å². The summed E-state index contributed by atoms with van der Waals surface area (Å²) in [6.07, 6.45) is -4.09. The van der Waals surface area contributed by atoms with Gasteiger partial charge in [0.1, 0.15) is 24.9 Å². The van der Waals surface area contributed by atoms with E-state index in [0.717, 1.165) is 23.8 Å². The van der Waals surface area contributed by atoms with Crippen LogP contribution in [0.4, 0.5) is 4.39 Å². The van der Waals surface area contributed by atoms with Crippen LogP contribution in [0, 0.1) is 0 Å². The number of aromatic nitrogens is 2. The lowest BCUT2D eigenvalue weighted by atomic mass is 9.98. The lowest BCUT2D eigenvalue weighted by Gasteiger charge is -2.24. The second kappa shape index (κ2) is 11.2. The summed E-state index contributed by atoms with van der Waals surface area (Å²) in [5.41, 5.74) is -4.07. The maximum atomic E-state index is 15.4. The van der Waals surface area contributed by atoms with Crippen molar-refractivity contribution in [2.75, 3.05) is 6.61 Å². The number of aromatic amines is 1. The first-order chi connectivity index (χ1) is 16.8. The highest BCUT2D eigenvalue weighted by molar-refractivity contribution is 7.58. The van der Waals surface area contributed by atoms with Gasteiger partial charge in [-0.2, -0.15) is 9.42 Å². The maximum absolute atomic E-state index is 15.4. The first kappa shape index (κ1) is 27.9. The first-order valence-corrected chi connectivity index (χ1v) is 12.7. The molecule has 1 aliphatic rings. The minimum Gasteiger partial charge on any atom is -0.462 e. The van der Waals surface area contributed by atoms with Crippen LogP contribution in [-0.4, -0.2) is 62.1 Å². The van der Waals surface area contributed by atoms with Gasteiger partial charge in [0.25, 0.3) is 5.56 Å². The Bertz CT molecular complexity index is 1160. The van der Waals surface area contributed by atoms with E-state index in [2.05, 4.69) is 5.09 Å². The molecule has 2 heterocycles. The highest BCUT2D eigenvalue weighted by Crippen LogP contribution is 2.54. The molecular formula is C22H30FN3O9P+. The summed E-state index contributed by atoms with van der Waals surface area (Å²) >= 11 is 0. The number of hydrogen-bond acceptors (Lipinski definition) is 10. The van der Waals surface area contributed by atoms with Crippen molar-refractivity contribution in [1.29, 1.82) is 0 Å². The molecule has 12 nitrogen and oxygen atoms in total. The Hall–Kier alpha value is -2.67. The minimum atomic E-state index is -4.05. The zero-order valence-corrected chi connectivity index (χ0v) is 21.1. The van der Waals surface area contributed by atoms with Crippen molar-refractivity contribution < 1.29 is 37.7 Å². The van der Waals surface area contributed by atoms with E-state index >= 15 is 4.39 Å². The predicted octanol–water partition coefficient (Wildman–Crippen LogP) is 1.22. The molecule has 0 saturated carbocycles. The van der Waals surface area contributed by atoms with Crippen molar-refractivity contribution in [2.45, 2.75) is 63.9 Å². The average Bonchev–Trinajstić information content (AvgIpc) is 3.01. The number of nitrogens with one attached hydrogen (secondary N) is 2. The van der Waals surface area contributed by atoms with Crippen LogP contribution in [-0.2, 0) is 18.8 Å². The number of aliphatic hydroxyl groups excluding tert-OH is 1. The van der Waals surface area contributed by atoms with Crippen molar-refractivity contribution >= 4 is 14.1 Å². The summed E-state index contributed by atoms with van der Waals surface area (Å²) < 4.78 is 38.1. The molecule has 0 amide bonds. The molecular weight excluding hydrogens is 500 g/mol. The van der Waals surface area contributed by atoms with Gasteiger partial charge in [0.05, 0.1) is 6.10 Å². The summed E-state index contributed by atoms with van der Waals surface area (Å²) in [7, 11) is -4.05. The van der Waals surface area contributed by atoms with Crippen molar-refractivity contribution in [3.8, 4) is 5.75 Å². The van der Waals surface area contributed by atoms with E-state index in [1.807, 2.05) is 4.98 Å². The van der Waals surface area contributed by atoms with Crippen LogP contribution >= 0.6 is 8.09 Å². The van der Waals surface area contributed by atoms with E-state index in [9.17, 15) is 24.4 Å². The number of rotatable bonds is 10. The number of ether oxygens (including phenoxy) is 2. The number of alkyl halides is 1. The summed E-state index contributed by atoms with van der Waals surface area (Å²) in [4.78, 5) is 49.0. The number of H-pyrrole nitrogens is 1. The SMILES string of the molecule is CC(C)OC(=O)[C@H](C)N[P+](O)(OC[C@H]1O[C@@H](n2ccc(=O)[nH]c2=O)[C@](C)(F)[C@@H]1O)Oc1ccccc1. The molecule has 1 aromatic heterocycles.